The van der Waals surface area contributed by atoms with Gasteiger partial charge in [0.2, 0.25) is 0 Å². The number of carbonyl (C=O) groups excluding carboxylic acids is 2. The van der Waals surface area contributed by atoms with Gasteiger partial charge in [-0.3, -0.25) is 39.9 Å². The van der Waals surface area contributed by atoms with Crippen LogP contribution in [0.1, 0.15) is 91.5 Å². The highest BCUT2D eigenvalue weighted by Crippen LogP contribution is 2.36. The maximum atomic E-state index is 12.1. The first-order valence-electron chi connectivity index (χ1n) is 39.4. The molecule has 3 N–H and O–H groups in total. The van der Waals surface area contributed by atoms with E-state index >= 15 is 0 Å². The molecule has 12 heterocycles. The molecule has 34 heteroatoms. The van der Waals surface area contributed by atoms with Crippen LogP contribution in [0.2, 0.25) is 0 Å². The fraction of sp³-hybridized carbons (Fsp3) is 0.542. The molecule has 8 aromatic rings. The van der Waals surface area contributed by atoms with Crippen LogP contribution in [0.4, 0.5) is 32.3 Å². The number of morpholine rings is 4. The van der Waals surface area contributed by atoms with E-state index in [2.05, 4.69) is 157 Å². The van der Waals surface area contributed by atoms with E-state index in [-0.39, 0.29) is 61.0 Å². The monoisotopic (exact) mass is 1780 g/mol. The van der Waals surface area contributed by atoms with Gasteiger partial charge in [0.1, 0.15) is 79.6 Å². The number of aromatic nitrogens is 8. The number of nitriles is 4. The number of alkyl halides is 1. The van der Waals surface area contributed by atoms with Crippen molar-refractivity contribution < 1.29 is 43.1 Å². The zero-order valence-electron chi connectivity index (χ0n) is 68.1. The van der Waals surface area contributed by atoms with Crippen molar-refractivity contribution in [3.05, 3.63) is 120 Å². The van der Waals surface area contributed by atoms with E-state index in [1.807, 2.05) is 125 Å². The minimum atomic E-state index is -0.467. The van der Waals surface area contributed by atoms with Gasteiger partial charge in [-0.05, 0) is 118 Å². The Labute approximate surface area is 716 Å². The molecule has 29 nitrogen and oxygen atoms in total. The number of halogens is 1. The van der Waals surface area contributed by atoms with Gasteiger partial charge in [-0.1, -0.05) is 22.6 Å². The van der Waals surface area contributed by atoms with E-state index in [1.54, 1.807) is 59.4 Å². The van der Waals surface area contributed by atoms with Gasteiger partial charge >= 0.3 is 12.2 Å². The number of likely N-dealkylation sites (tertiary alicyclic amines) is 2. The smallest absolute Gasteiger partial charge is 0.410 e. The van der Waals surface area contributed by atoms with E-state index in [0.29, 0.717) is 81.0 Å². The number of hydrogen-bond donors (Lipinski definition) is 4. The lowest BCUT2D eigenvalue weighted by Crippen LogP contribution is -2.54. The molecule has 8 aliphatic rings. The Morgan fingerprint density at radius 1 is 0.427 bits per heavy atom. The molecular weight excluding hydrogens is 1680 g/mol. The predicted molar refractivity (Wildman–Crippen MR) is 473 cm³/mol. The van der Waals surface area contributed by atoms with E-state index in [9.17, 15) is 30.6 Å². The minimum absolute atomic E-state index is 0.0710. The van der Waals surface area contributed by atoms with Crippen LogP contribution < -0.4 is 30.2 Å². The summed E-state index contributed by atoms with van der Waals surface area (Å²) in [4.78, 5) is 71.4. The largest absolute Gasteiger partial charge is 0.444 e. The predicted octanol–water partition coefficient (Wildman–Crippen LogP) is 10.7. The number of hydrogen-bond acceptors (Lipinski definition) is 31. The summed E-state index contributed by atoms with van der Waals surface area (Å²) in [5.41, 5.74) is 11.2. The lowest BCUT2D eigenvalue weighted by Gasteiger charge is -2.41. The second kappa shape index (κ2) is 42.1. The number of thiol groups is 1. The Bertz CT molecular complexity index is 4720. The molecule has 117 heavy (non-hydrogen) atoms. The molecule has 0 aliphatic carbocycles. The van der Waals surface area contributed by atoms with Crippen LogP contribution in [-0.4, -0.2) is 282 Å². The summed E-state index contributed by atoms with van der Waals surface area (Å²) in [6, 6.07) is 24.0. The highest BCUT2D eigenvalue weighted by Gasteiger charge is 2.38. The lowest BCUT2D eigenvalue weighted by molar-refractivity contribution is -0.00308. The Morgan fingerprint density at radius 2 is 0.684 bits per heavy atom. The number of rotatable bonds is 14. The van der Waals surface area contributed by atoms with Crippen LogP contribution in [0.5, 0.6) is 0 Å². The number of thioether (sulfide) groups is 3. The number of amides is 2. The summed E-state index contributed by atoms with van der Waals surface area (Å²) in [5.74, 6) is 2.87. The summed E-state index contributed by atoms with van der Waals surface area (Å²) in [7, 11) is 1.00. The van der Waals surface area contributed by atoms with Crippen molar-refractivity contribution in [3.63, 3.8) is 0 Å². The third kappa shape index (κ3) is 24.3. The van der Waals surface area contributed by atoms with E-state index in [1.165, 1.54) is 0 Å². The number of aliphatic hydroxyl groups excluding tert-OH is 1. The SMILES string of the molecule is CC(C)(C)OC(=O)N1CC(S)C1.CO.C[C@@H]1CN(c2ccc(C#N)c3nccnc23)C[C@H](CI)O1.C[C@@H]1CN(c2ccc(C#N)c3nccnc23)C[C@H](CSC2CN(C(=O)OC(C)(C)C)C2)O1.C[C@@H]1CN(c2ccc(C#N)c3nccnc23)C[C@H](CSC2CNC2)O1.C[C@@H]1CN(c2ccc(C#N)c3nccnc23)C[C@H](CSC2CNC2)O1. The summed E-state index contributed by atoms with van der Waals surface area (Å²) in [5, 5.41) is 53.0. The molecule has 8 aliphatic heterocycles. The maximum absolute atomic E-state index is 12.1. The zero-order chi connectivity index (χ0) is 83.5. The van der Waals surface area contributed by atoms with Gasteiger partial charge in [-0.15, -0.1) is 0 Å². The Hall–Kier alpha value is -8.21. The summed E-state index contributed by atoms with van der Waals surface area (Å²) >= 11 is 12.4. The Morgan fingerprint density at radius 3 is 0.932 bits per heavy atom. The number of nitrogens with one attached hydrogen (secondary N) is 2. The van der Waals surface area contributed by atoms with Crippen LogP contribution in [-0.2, 0) is 28.4 Å². The molecule has 8 fully saturated rings. The molecule has 0 unspecified atom stereocenters. The summed E-state index contributed by atoms with van der Waals surface area (Å²) in [6.07, 6.45) is 14.1. The van der Waals surface area contributed by atoms with Gasteiger partial charge in [-0.25, -0.2) is 9.59 Å². The highest BCUT2D eigenvalue weighted by molar-refractivity contribution is 14.1. The zero-order valence-corrected chi connectivity index (χ0v) is 73.6. The second-order valence-corrected chi connectivity index (χ2v) is 37.3. The van der Waals surface area contributed by atoms with Crippen molar-refractivity contribution in [1.29, 1.82) is 21.0 Å². The van der Waals surface area contributed by atoms with Gasteiger partial charge in [0.25, 0.3) is 0 Å². The van der Waals surface area contributed by atoms with Crippen molar-refractivity contribution >= 4 is 150 Å². The Kier molecular flexibility index (Phi) is 32.3. The topological polar surface area (TPSA) is 352 Å². The van der Waals surface area contributed by atoms with Gasteiger partial charge in [-0.2, -0.15) is 69.0 Å². The van der Waals surface area contributed by atoms with Crippen LogP contribution >= 0.6 is 70.5 Å². The van der Waals surface area contributed by atoms with Gasteiger partial charge in [0, 0.05) is 204 Å². The van der Waals surface area contributed by atoms with Gasteiger partial charge < -0.3 is 73.6 Å². The standard InChI is InChI=1S/C23H29N5O3S.2C18H21N5OS.C15H15IN4O.C8H15NO2S.CH4O/c1-15-10-27(19-6-5-16(9-24)20-21(19)26-8-7-25-20)11-17(30-15)14-32-18-12-28(13-18)22(29)31-23(2,3)4;2*1-12-9-23(10-14(24-12)11-25-15-7-20-8-15)16-3-2-13(6-19)17-18(16)22-5-4-21-17;1-10-8-20(9-12(6-16)21-10)13-3-2-11(7-17)14-15(13)19-5-4-18-14;1-8(2,3)11-7(10)9-4-6(12)5-9;1-2/h5-8,15,17-18H,10-14H2,1-4H3;2*2-5,12,14-15,20H,7-11H2,1H3;2-5,10,12H,6,8-9H2,1H3;6,12H,4-5H2,1-3H3;2H,1H3/t15-,17-;2*12-,14-;10-,12+;;/m1111../s1. The molecule has 0 spiro atoms. The minimum Gasteiger partial charge on any atom is -0.444 e. The van der Waals surface area contributed by atoms with Gasteiger partial charge in [0.15, 0.2) is 0 Å². The molecule has 0 bridgehead atoms. The van der Waals surface area contributed by atoms with Gasteiger partial charge in [0.05, 0.1) is 93.8 Å². The number of anilines is 4. The van der Waals surface area contributed by atoms with Crippen LogP contribution in [0.15, 0.2) is 98.1 Å². The van der Waals surface area contributed by atoms with Crippen molar-refractivity contribution in [2.24, 2.45) is 0 Å². The van der Waals surface area contributed by atoms with E-state index in [0.717, 1.165) is 163 Å². The number of nitrogens with zero attached hydrogens (tertiary/aromatic N) is 18. The molecule has 2 amide bonds. The molecule has 16 rings (SSSR count). The normalized spacial score (nSPS) is 22.2. The van der Waals surface area contributed by atoms with E-state index in [4.69, 9.17) is 33.5 Å². The molecule has 0 radical (unpaired) electrons. The average Bonchev–Trinajstić information content (AvgIpc) is 0.795. The van der Waals surface area contributed by atoms with Crippen LogP contribution in [0, 0.1) is 45.3 Å². The maximum Gasteiger partial charge on any atom is 0.410 e. The first-order chi connectivity index (χ1) is 56.3. The fourth-order valence-corrected chi connectivity index (χ4v) is 18.7. The van der Waals surface area contributed by atoms with Crippen LogP contribution in [0.25, 0.3) is 44.1 Å². The van der Waals surface area contributed by atoms with Crippen molar-refractivity contribution in [2.75, 3.05) is 153 Å². The highest BCUT2D eigenvalue weighted by atomic mass is 127. The molecule has 4 aromatic carbocycles. The number of benzene rings is 4. The summed E-state index contributed by atoms with van der Waals surface area (Å²) in [6.45, 7) is 33.4. The number of aliphatic hydroxyl groups is 1. The van der Waals surface area contributed by atoms with Crippen LogP contribution in [0.3, 0.4) is 0 Å². The first kappa shape index (κ1) is 89.6. The molecule has 622 valence electrons. The molecular formula is C83H105IN20O9S4. The Balaban J connectivity index is 0.000000146. The average molecular weight is 1780 g/mol. The van der Waals surface area contributed by atoms with Crippen molar-refractivity contribution in [3.8, 4) is 24.3 Å². The lowest BCUT2D eigenvalue weighted by atomic mass is 10.1. The summed E-state index contributed by atoms with van der Waals surface area (Å²) < 4.78 is 35.9. The third-order valence-corrected chi connectivity index (χ3v) is 25.2. The number of ether oxygens (including phenoxy) is 6. The molecule has 8 atom stereocenters. The fourth-order valence-electron chi connectivity index (χ4n) is 14.3. The third-order valence-electron chi connectivity index (χ3n) is 19.8. The van der Waals surface area contributed by atoms with E-state index < -0.39 is 11.2 Å². The second-order valence-electron chi connectivity index (χ2n) is 31.6. The number of fused-ring (bicyclic) bond motifs is 4. The molecule has 8 saturated heterocycles. The first-order valence-corrected chi connectivity index (χ1v) is 44.6. The quantitative estimate of drug-likeness (QED) is 0.0446. The van der Waals surface area contributed by atoms with Crippen molar-refractivity contribution in [1.82, 2.24) is 60.3 Å². The van der Waals surface area contributed by atoms with Crippen molar-refractivity contribution in [2.45, 2.75) is 150 Å². The molecule has 4 aromatic heterocycles. The molecule has 0 saturated carbocycles. The number of carbonyl (C=O) groups is 2.